The molecular formula is C39H68N4O17. The average molecular weight is 865 g/mol. The van der Waals surface area contributed by atoms with Gasteiger partial charge in [-0.05, 0) is 32.1 Å². The van der Waals surface area contributed by atoms with Gasteiger partial charge in [0, 0.05) is 51.7 Å². The van der Waals surface area contributed by atoms with E-state index in [0.29, 0.717) is 132 Å². The molecule has 21 nitrogen and oxygen atoms in total. The standard InChI is InChI=1S/C39H68N4O17/c1-51-14-15-52-16-17-53-18-19-54-20-21-55-22-23-56-24-25-57-26-27-58-28-29-59-30-31-60-32-35(45)40-11-3-2-6-33(39(50)41-12-4-8-38(48)49)42-34(44)7-5-13-43-36(46)9-10-37(43)47/h9-10,33H,2-8,11-32H2,1H3,(H,40,45)(H,41,50)(H,42,44)(H,48,49)/t33-/m0/s1. The van der Waals surface area contributed by atoms with Gasteiger partial charge in [0.2, 0.25) is 17.7 Å². The van der Waals surface area contributed by atoms with Gasteiger partial charge in [0.1, 0.15) is 12.6 Å². The van der Waals surface area contributed by atoms with Crippen LogP contribution in [0.15, 0.2) is 12.2 Å². The number of carbonyl (C=O) groups excluding carboxylic acids is 5. The zero-order chi connectivity index (χ0) is 43.7. The number of carbonyl (C=O) groups is 6. The molecule has 21 heteroatoms. The van der Waals surface area contributed by atoms with Crippen molar-refractivity contribution in [2.45, 2.75) is 51.0 Å². The second-order valence-corrected chi connectivity index (χ2v) is 13.0. The van der Waals surface area contributed by atoms with Crippen LogP contribution in [0.3, 0.4) is 0 Å². The van der Waals surface area contributed by atoms with Crippen LogP contribution in [0, 0.1) is 0 Å². The summed E-state index contributed by atoms with van der Waals surface area (Å²) < 4.78 is 53.6. The van der Waals surface area contributed by atoms with E-state index >= 15 is 0 Å². The molecular weight excluding hydrogens is 796 g/mol. The van der Waals surface area contributed by atoms with E-state index in [1.807, 2.05) is 0 Å². The van der Waals surface area contributed by atoms with E-state index < -0.39 is 35.6 Å². The predicted octanol–water partition coefficient (Wildman–Crippen LogP) is -0.760. The first-order valence-electron chi connectivity index (χ1n) is 20.5. The van der Waals surface area contributed by atoms with Crippen molar-refractivity contribution < 1.29 is 81.2 Å². The van der Waals surface area contributed by atoms with Crippen molar-refractivity contribution in [1.82, 2.24) is 20.9 Å². The van der Waals surface area contributed by atoms with E-state index in [-0.39, 0.29) is 64.3 Å². The Morgan fingerprint density at radius 2 is 0.983 bits per heavy atom. The molecule has 346 valence electrons. The van der Waals surface area contributed by atoms with Gasteiger partial charge >= 0.3 is 5.97 Å². The van der Waals surface area contributed by atoms with Gasteiger partial charge in [0.15, 0.2) is 0 Å². The minimum absolute atomic E-state index is 0.00932. The first kappa shape index (κ1) is 54.4. The number of carboxylic acid groups (broad SMARTS) is 1. The highest BCUT2D eigenvalue weighted by Crippen LogP contribution is 2.07. The molecule has 1 aliphatic heterocycles. The molecule has 1 heterocycles. The normalized spacial score (nSPS) is 12.9. The number of hydrogen-bond acceptors (Lipinski definition) is 16. The van der Waals surface area contributed by atoms with Gasteiger partial charge in [-0.25, -0.2) is 0 Å². The summed E-state index contributed by atoms with van der Waals surface area (Å²) >= 11 is 0. The van der Waals surface area contributed by atoms with Gasteiger partial charge in [-0.15, -0.1) is 0 Å². The van der Waals surface area contributed by atoms with Crippen LogP contribution in [0.1, 0.15) is 44.9 Å². The Labute approximate surface area is 352 Å². The number of ether oxygens (including phenoxy) is 10. The molecule has 1 aliphatic rings. The lowest BCUT2D eigenvalue weighted by Gasteiger charge is -2.19. The molecule has 0 saturated heterocycles. The maximum absolute atomic E-state index is 12.8. The van der Waals surface area contributed by atoms with Gasteiger partial charge in [-0.3, -0.25) is 33.7 Å². The molecule has 4 N–H and O–H groups in total. The molecule has 0 saturated carbocycles. The highest BCUT2D eigenvalue weighted by molar-refractivity contribution is 6.12. The number of imide groups is 1. The van der Waals surface area contributed by atoms with Gasteiger partial charge in [0.25, 0.3) is 11.8 Å². The van der Waals surface area contributed by atoms with E-state index in [1.165, 1.54) is 12.2 Å². The molecule has 0 fully saturated rings. The molecule has 0 unspecified atom stereocenters. The van der Waals surface area contributed by atoms with Crippen LogP contribution >= 0.6 is 0 Å². The zero-order valence-electron chi connectivity index (χ0n) is 35.2. The quantitative estimate of drug-likeness (QED) is 0.0434. The summed E-state index contributed by atoms with van der Waals surface area (Å²) in [6.45, 7) is 8.48. The number of amides is 5. The molecule has 1 atom stereocenters. The van der Waals surface area contributed by atoms with Crippen LogP contribution in [-0.2, 0) is 76.1 Å². The van der Waals surface area contributed by atoms with Crippen molar-refractivity contribution in [2.24, 2.45) is 0 Å². The minimum atomic E-state index is -0.980. The van der Waals surface area contributed by atoms with E-state index in [0.717, 1.165) is 4.90 Å². The van der Waals surface area contributed by atoms with Crippen molar-refractivity contribution >= 4 is 35.5 Å². The third-order valence-corrected chi connectivity index (χ3v) is 8.09. The molecule has 0 spiro atoms. The average Bonchev–Trinajstić information content (AvgIpc) is 3.55. The van der Waals surface area contributed by atoms with Gasteiger partial charge in [0.05, 0.1) is 119 Å². The van der Waals surface area contributed by atoms with Crippen LogP contribution < -0.4 is 16.0 Å². The smallest absolute Gasteiger partial charge is 0.303 e. The van der Waals surface area contributed by atoms with Gasteiger partial charge < -0.3 is 68.4 Å². The van der Waals surface area contributed by atoms with Crippen molar-refractivity contribution in [3.05, 3.63) is 12.2 Å². The maximum atomic E-state index is 12.8. The summed E-state index contributed by atoms with van der Waals surface area (Å²) in [5.74, 6) is -3.03. The van der Waals surface area contributed by atoms with Crippen LogP contribution in [0.2, 0.25) is 0 Å². The Morgan fingerprint density at radius 1 is 0.550 bits per heavy atom. The maximum Gasteiger partial charge on any atom is 0.303 e. The number of hydrogen-bond donors (Lipinski definition) is 4. The number of carboxylic acids is 1. The highest BCUT2D eigenvalue weighted by Gasteiger charge is 2.24. The van der Waals surface area contributed by atoms with E-state index in [9.17, 15) is 28.8 Å². The fraction of sp³-hybridized carbons (Fsp3) is 0.795. The fourth-order valence-electron chi connectivity index (χ4n) is 4.98. The molecule has 0 aliphatic carbocycles. The third kappa shape index (κ3) is 33.1. The Hall–Kier alpha value is -3.64. The van der Waals surface area contributed by atoms with Crippen LogP contribution in [0.5, 0.6) is 0 Å². The summed E-state index contributed by atoms with van der Waals surface area (Å²) in [5.41, 5.74) is 0. The van der Waals surface area contributed by atoms with Crippen LogP contribution in [-0.4, -0.2) is 204 Å². The topological polar surface area (TPSA) is 254 Å². The molecule has 1 rings (SSSR count). The lowest BCUT2D eigenvalue weighted by atomic mass is 10.1. The van der Waals surface area contributed by atoms with Gasteiger partial charge in [-0.1, -0.05) is 0 Å². The van der Waals surface area contributed by atoms with Gasteiger partial charge in [-0.2, -0.15) is 0 Å². The number of aliphatic carboxylic acids is 1. The van der Waals surface area contributed by atoms with Crippen molar-refractivity contribution in [3.8, 4) is 0 Å². The molecule has 5 amide bonds. The fourth-order valence-corrected chi connectivity index (χ4v) is 4.98. The van der Waals surface area contributed by atoms with Crippen molar-refractivity contribution in [2.75, 3.05) is 152 Å². The molecule has 60 heavy (non-hydrogen) atoms. The Balaban J connectivity index is 1.95. The van der Waals surface area contributed by atoms with E-state index in [2.05, 4.69) is 16.0 Å². The van der Waals surface area contributed by atoms with Crippen molar-refractivity contribution in [3.63, 3.8) is 0 Å². The van der Waals surface area contributed by atoms with Crippen molar-refractivity contribution in [1.29, 1.82) is 0 Å². The first-order valence-corrected chi connectivity index (χ1v) is 20.5. The summed E-state index contributed by atoms with van der Waals surface area (Å²) in [7, 11) is 1.63. The molecule has 0 bridgehead atoms. The predicted molar refractivity (Wildman–Crippen MR) is 213 cm³/mol. The van der Waals surface area contributed by atoms with E-state index in [1.54, 1.807) is 7.11 Å². The van der Waals surface area contributed by atoms with Crippen LogP contribution in [0.4, 0.5) is 0 Å². The summed E-state index contributed by atoms with van der Waals surface area (Å²) in [6, 6.07) is -0.877. The number of rotatable bonds is 44. The van der Waals surface area contributed by atoms with E-state index in [4.69, 9.17) is 52.5 Å². The zero-order valence-corrected chi connectivity index (χ0v) is 35.2. The Kier molecular flexibility index (Phi) is 35.8. The number of nitrogens with zero attached hydrogens (tertiary/aromatic N) is 1. The lowest BCUT2D eigenvalue weighted by Crippen LogP contribution is -2.47. The monoisotopic (exact) mass is 864 g/mol. The highest BCUT2D eigenvalue weighted by atomic mass is 16.6. The number of unbranched alkanes of at least 4 members (excludes halogenated alkanes) is 1. The summed E-state index contributed by atoms with van der Waals surface area (Å²) in [4.78, 5) is 72.6. The molecule has 0 radical (unpaired) electrons. The number of methoxy groups -OCH3 is 1. The molecule has 0 aromatic rings. The SMILES string of the molecule is COCCOCCOCCOCCOCCOCCOCCOCCOCCOCC(=O)NCCCC[C@H](NC(=O)CCCN1C(=O)C=CC1=O)C(=O)NCCCC(=O)O. The molecule has 0 aromatic carbocycles. The molecule has 0 aromatic heterocycles. The van der Waals surface area contributed by atoms with Crippen LogP contribution in [0.25, 0.3) is 0 Å². The summed E-state index contributed by atoms with van der Waals surface area (Å²) in [5, 5.41) is 16.9. The number of nitrogens with one attached hydrogen (secondary N) is 3. The lowest BCUT2D eigenvalue weighted by molar-refractivity contribution is -0.138. The minimum Gasteiger partial charge on any atom is -0.481 e. The summed E-state index contributed by atoms with van der Waals surface area (Å²) in [6.07, 6.45) is 3.98. The largest absolute Gasteiger partial charge is 0.481 e. The Bertz CT molecular complexity index is 1180. The second-order valence-electron chi connectivity index (χ2n) is 13.0. The Morgan fingerprint density at radius 3 is 1.43 bits per heavy atom. The third-order valence-electron chi connectivity index (χ3n) is 8.09. The second kappa shape index (κ2) is 39.5. The first-order chi connectivity index (χ1) is 29.2.